The van der Waals surface area contributed by atoms with Gasteiger partial charge in [-0.05, 0) is 49.9 Å². The van der Waals surface area contributed by atoms with Crippen molar-refractivity contribution in [3.63, 3.8) is 0 Å². The molecule has 2 aromatic heterocycles. The SMILES string of the molecule is CCOc1ccc(N2CCN(Cc3nc4cnc(C#N)nc4n3CC3CCCCC3)CC2)cc1. The van der Waals surface area contributed by atoms with Crippen molar-refractivity contribution in [2.24, 2.45) is 5.92 Å². The number of fused-ring (bicyclic) bond motifs is 1. The average molecular weight is 460 g/mol. The van der Waals surface area contributed by atoms with E-state index in [1.165, 1.54) is 37.8 Å². The predicted molar refractivity (Wildman–Crippen MR) is 132 cm³/mol. The molecule has 178 valence electrons. The van der Waals surface area contributed by atoms with Crippen LogP contribution in [-0.4, -0.2) is 57.2 Å². The molecule has 34 heavy (non-hydrogen) atoms. The predicted octanol–water partition coefficient (Wildman–Crippen LogP) is 4.00. The maximum atomic E-state index is 9.31. The van der Waals surface area contributed by atoms with Gasteiger partial charge in [-0.15, -0.1) is 0 Å². The molecule has 0 radical (unpaired) electrons. The van der Waals surface area contributed by atoms with Crippen LogP contribution in [-0.2, 0) is 13.1 Å². The van der Waals surface area contributed by atoms with Gasteiger partial charge in [-0.3, -0.25) is 4.90 Å². The van der Waals surface area contributed by atoms with E-state index in [1.807, 2.05) is 6.92 Å². The Bertz CT molecular complexity index is 1140. The molecule has 8 nitrogen and oxygen atoms in total. The summed E-state index contributed by atoms with van der Waals surface area (Å²) >= 11 is 0. The van der Waals surface area contributed by atoms with Crippen LogP contribution in [0.5, 0.6) is 5.75 Å². The lowest BCUT2D eigenvalue weighted by atomic mass is 9.89. The van der Waals surface area contributed by atoms with E-state index in [1.54, 1.807) is 6.20 Å². The maximum absolute atomic E-state index is 9.31. The quantitative estimate of drug-likeness (QED) is 0.528. The minimum Gasteiger partial charge on any atom is -0.494 e. The smallest absolute Gasteiger partial charge is 0.234 e. The Labute approximate surface area is 201 Å². The number of imidazole rings is 1. The summed E-state index contributed by atoms with van der Waals surface area (Å²) in [6.45, 7) is 8.34. The third-order valence-corrected chi connectivity index (χ3v) is 7.08. The first kappa shape index (κ1) is 22.6. The highest BCUT2D eigenvalue weighted by molar-refractivity contribution is 5.70. The van der Waals surface area contributed by atoms with Gasteiger partial charge < -0.3 is 14.2 Å². The zero-order valence-electron chi connectivity index (χ0n) is 20.0. The summed E-state index contributed by atoms with van der Waals surface area (Å²) in [5.74, 6) is 2.83. The van der Waals surface area contributed by atoms with E-state index in [4.69, 9.17) is 9.72 Å². The Hall–Kier alpha value is -3.18. The van der Waals surface area contributed by atoms with Gasteiger partial charge in [-0.1, -0.05) is 19.3 Å². The van der Waals surface area contributed by atoms with Crippen molar-refractivity contribution in [3.8, 4) is 11.8 Å². The van der Waals surface area contributed by atoms with E-state index in [0.717, 1.165) is 62.0 Å². The fraction of sp³-hybridized carbons (Fsp3) is 0.538. The molecule has 1 aliphatic carbocycles. The van der Waals surface area contributed by atoms with Crippen LogP contribution >= 0.6 is 0 Å². The van der Waals surface area contributed by atoms with E-state index >= 15 is 0 Å². The molecule has 0 unspecified atom stereocenters. The lowest BCUT2D eigenvalue weighted by molar-refractivity contribution is 0.236. The highest BCUT2D eigenvalue weighted by atomic mass is 16.5. The highest BCUT2D eigenvalue weighted by Gasteiger charge is 2.23. The molecule has 0 spiro atoms. The Morgan fingerprint density at radius 2 is 1.79 bits per heavy atom. The molecule has 3 heterocycles. The molecule has 1 aliphatic heterocycles. The van der Waals surface area contributed by atoms with E-state index in [2.05, 4.69) is 54.7 Å². The Morgan fingerprint density at radius 3 is 2.50 bits per heavy atom. The number of piperazine rings is 1. The van der Waals surface area contributed by atoms with Crippen LogP contribution in [0.2, 0.25) is 0 Å². The van der Waals surface area contributed by atoms with Crippen LogP contribution in [0.4, 0.5) is 5.69 Å². The van der Waals surface area contributed by atoms with Crippen molar-refractivity contribution in [2.45, 2.75) is 52.1 Å². The second-order valence-electron chi connectivity index (χ2n) is 9.35. The molecule has 0 amide bonds. The topological polar surface area (TPSA) is 83.1 Å². The zero-order valence-corrected chi connectivity index (χ0v) is 20.0. The second kappa shape index (κ2) is 10.4. The number of anilines is 1. The lowest BCUT2D eigenvalue weighted by Crippen LogP contribution is -2.46. The van der Waals surface area contributed by atoms with Crippen molar-refractivity contribution in [1.82, 2.24) is 24.4 Å². The van der Waals surface area contributed by atoms with E-state index < -0.39 is 0 Å². The van der Waals surface area contributed by atoms with Crippen molar-refractivity contribution in [2.75, 3.05) is 37.7 Å². The minimum absolute atomic E-state index is 0.216. The molecule has 1 aromatic carbocycles. The number of ether oxygens (including phenoxy) is 1. The Morgan fingerprint density at radius 1 is 1.03 bits per heavy atom. The van der Waals surface area contributed by atoms with E-state index in [-0.39, 0.29) is 5.82 Å². The van der Waals surface area contributed by atoms with Crippen molar-refractivity contribution in [3.05, 3.63) is 42.1 Å². The normalized spacial score (nSPS) is 17.7. The van der Waals surface area contributed by atoms with Gasteiger partial charge in [-0.2, -0.15) is 10.2 Å². The molecule has 5 rings (SSSR count). The molecule has 0 atom stereocenters. The number of hydrogen-bond donors (Lipinski definition) is 0. The van der Waals surface area contributed by atoms with Gasteiger partial charge in [0.2, 0.25) is 5.82 Å². The molecule has 8 heteroatoms. The summed E-state index contributed by atoms with van der Waals surface area (Å²) < 4.78 is 7.84. The standard InChI is InChI=1S/C26H33N7O/c1-2-34-22-10-8-21(9-11-22)32-14-12-31(13-15-32)19-25-29-23-17-28-24(16-27)30-26(23)33(25)18-20-6-4-3-5-7-20/h8-11,17,20H,2-7,12-15,18-19H2,1H3. The zero-order chi connectivity index (χ0) is 23.3. The van der Waals surface area contributed by atoms with Gasteiger partial charge in [0, 0.05) is 38.4 Å². The van der Waals surface area contributed by atoms with Crippen LogP contribution in [0.3, 0.4) is 0 Å². The van der Waals surface area contributed by atoms with Crippen LogP contribution in [0, 0.1) is 17.2 Å². The van der Waals surface area contributed by atoms with Crippen LogP contribution in [0.25, 0.3) is 11.2 Å². The molecular formula is C26H33N7O. The van der Waals surface area contributed by atoms with Crippen molar-refractivity contribution in [1.29, 1.82) is 5.26 Å². The van der Waals surface area contributed by atoms with E-state index in [9.17, 15) is 5.26 Å². The van der Waals surface area contributed by atoms with E-state index in [0.29, 0.717) is 12.5 Å². The van der Waals surface area contributed by atoms with Gasteiger partial charge in [-0.25, -0.2) is 9.97 Å². The third kappa shape index (κ3) is 5.00. The first-order chi connectivity index (χ1) is 16.7. The summed E-state index contributed by atoms with van der Waals surface area (Å²) in [4.78, 5) is 18.5. The van der Waals surface area contributed by atoms with Crippen LogP contribution < -0.4 is 9.64 Å². The second-order valence-corrected chi connectivity index (χ2v) is 9.35. The summed E-state index contributed by atoms with van der Waals surface area (Å²) in [7, 11) is 0. The summed E-state index contributed by atoms with van der Waals surface area (Å²) in [5.41, 5.74) is 2.84. The fourth-order valence-corrected chi connectivity index (χ4v) is 5.24. The number of benzene rings is 1. The summed E-state index contributed by atoms with van der Waals surface area (Å²) in [5, 5.41) is 9.31. The van der Waals surface area contributed by atoms with Gasteiger partial charge in [0.15, 0.2) is 5.65 Å². The third-order valence-electron chi connectivity index (χ3n) is 7.08. The molecule has 1 saturated heterocycles. The Kier molecular flexibility index (Phi) is 6.91. The Balaban J connectivity index is 1.29. The minimum atomic E-state index is 0.216. The average Bonchev–Trinajstić information content (AvgIpc) is 3.21. The molecular weight excluding hydrogens is 426 g/mol. The van der Waals surface area contributed by atoms with Crippen molar-refractivity contribution < 1.29 is 4.74 Å². The van der Waals surface area contributed by atoms with Crippen LogP contribution in [0.15, 0.2) is 30.5 Å². The molecule has 1 saturated carbocycles. The lowest BCUT2D eigenvalue weighted by Gasteiger charge is -2.36. The first-order valence-electron chi connectivity index (χ1n) is 12.6. The van der Waals surface area contributed by atoms with Crippen LogP contribution in [0.1, 0.15) is 50.7 Å². The highest BCUT2D eigenvalue weighted by Crippen LogP contribution is 2.28. The van der Waals surface area contributed by atoms with Gasteiger partial charge in [0.05, 0.1) is 19.3 Å². The maximum Gasteiger partial charge on any atom is 0.234 e. The molecule has 0 bridgehead atoms. The summed E-state index contributed by atoms with van der Waals surface area (Å²) in [6.07, 6.45) is 8.17. The van der Waals surface area contributed by atoms with Gasteiger partial charge in [0.25, 0.3) is 0 Å². The first-order valence-corrected chi connectivity index (χ1v) is 12.6. The molecule has 2 aliphatic rings. The monoisotopic (exact) mass is 459 g/mol. The fourth-order valence-electron chi connectivity index (χ4n) is 5.24. The number of rotatable bonds is 7. The molecule has 0 N–H and O–H groups in total. The number of nitriles is 1. The number of aromatic nitrogens is 4. The van der Waals surface area contributed by atoms with Gasteiger partial charge >= 0.3 is 0 Å². The summed E-state index contributed by atoms with van der Waals surface area (Å²) in [6, 6.07) is 10.5. The molecule has 2 fully saturated rings. The van der Waals surface area contributed by atoms with Gasteiger partial charge in [0.1, 0.15) is 23.2 Å². The number of nitrogens with zero attached hydrogens (tertiary/aromatic N) is 7. The largest absolute Gasteiger partial charge is 0.494 e. The van der Waals surface area contributed by atoms with Crippen molar-refractivity contribution >= 4 is 16.9 Å². The molecule has 3 aromatic rings. The number of hydrogen-bond acceptors (Lipinski definition) is 7.